The molecule has 23 heavy (non-hydrogen) atoms. The summed E-state index contributed by atoms with van der Waals surface area (Å²) in [7, 11) is 0. The maximum absolute atomic E-state index is 11.6. The molecule has 0 atom stereocenters. The first-order valence-electron chi connectivity index (χ1n) is 7.30. The molecule has 122 valence electrons. The number of benzene rings is 1. The molecule has 0 fully saturated rings. The second-order valence-electron chi connectivity index (χ2n) is 4.84. The number of hydrogen-bond donors (Lipinski definition) is 0. The molecule has 2 aromatic rings. The van der Waals surface area contributed by atoms with Gasteiger partial charge in [-0.1, -0.05) is 6.92 Å². The van der Waals surface area contributed by atoms with E-state index in [2.05, 4.69) is 0 Å². The van der Waals surface area contributed by atoms with Crippen molar-refractivity contribution >= 4 is 5.69 Å². The zero-order chi connectivity index (χ0) is 16.7. The van der Waals surface area contributed by atoms with Gasteiger partial charge < -0.3 is 14.0 Å². The lowest BCUT2D eigenvalue weighted by Crippen LogP contribution is -2.22. The molecule has 0 saturated heterocycles. The minimum atomic E-state index is -0.536. The van der Waals surface area contributed by atoms with Gasteiger partial charge in [0.2, 0.25) is 0 Å². The van der Waals surface area contributed by atoms with Gasteiger partial charge in [0.05, 0.1) is 24.3 Å². The summed E-state index contributed by atoms with van der Waals surface area (Å²) in [5, 5.41) is 10.7. The predicted molar refractivity (Wildman–Crippen MR) is 85.1 cm³/mol. The highest BCUT2D eigenvalue weighted by Crippen LogP contribution is 2.17. The zero-order valence-corrected chi connectivity index (χ0v) is 12.8. The van der Waals surface area contributed by atoms with E-state index in [-0.39, 0.29) is 24.4 Å². The Morgan fingerprint density at radius 2 is 1.65 bits per heavy atom. The topological polar surface area (TPSA) is 83.6 Å². The summed E-state index contributed by atoms with van der Waals surface area (Å²) in [5.41, 5.74) is -0.426. The average Bonchev–Trinajstić information content (AvgIpc) is 2.55. The lowest BCUT2D eigenvalue weighted by atomic mass is 10.3. The molecule has 0 N–H and O–H groups in total. The summed E-state index contributed by atoms with van der Waals surface area (Å²) < 4.78 is 12.3. The third-order valence-corrected chi connectivity index (χ3v) is 3.08. The summed E-state index contributed by atoms with van der Waals surface area (Å²) in [6.07, 6.45) is 2.16. The number of aromatic nitrogens is 1. The molecule has 1 aromatic heterocycles. The van der Waals surface area contributed by atoms with Gasteiger partial charge >= 0.3 is 0 Å². The third-order valence-electron chi connectivity index (χ3n) is 3.08. The number of hydrogen-bond acceptors (Lipinski definition) is 5. The van der Waals surface area contributed by atoms with Crippen LogP contribution < -0.4 is 15.0 Å². The maximum atomic E-state index is 11.6. The lowest BCUT2D eigenvalue weighted by Gasteiger charge is -2.09. The van der Waals surface area contributed by atoms with Gasteiger partial charge in [-0.15, -0.1) is 0 Å². The molecule has 0 saturated carbocycles. The highest BCUT2D eigenvalue weighted by atomic mass is 16.6. The van der Waals surface area contributed by atoms with Crippen LogP contribution in [0.5, 0.6) is 11.5 Å². The molecule has 0 unspecified atom stereocenters. The highest BCUT2D eigenvalue weighted by Gasteiger charge is 2.07. The Morgan fingerprint density at radius 3 is 2.22 bits per heavy atom. The Kier molecular flexibility index (Phi) is 5.74. The van der Waals surface area contributed by atoms with E-state index >= 15 is 0 Å². The van der Waals surface area contributed by atoms with E-state index in [1.54, 1.807) is 12.1 Å². The van der Waals surface area contributed by atoms with Crippen LogP contribution in [0.1, 0.15) is 13.3 Å². The van der Waals surface area contributed by atoms with Gasteiger partial charge in [-0.05, 0) is 30.7 Å². The molecule has 7 heteroatoms. The second-order valence-corrected chi connectivity index (χ2v) is 4.84. The smallest absolute Gasteiger partial charge is 0.285 e. The Labute approximate surface area is 133 Å². The van der Waals surface area contributed by atoms with Crippen LogP contribution >= 0.6 is 0 Å². The van der Waals surface area contributed by atoms with E-state index in [0.29, 0.717) is 12.4 Å². The van der Waals surface area contributed by atoms with E-state index in [4.69, 9.17) is 9.47 Å². The van der Waals surface area contributed by atoms with E-state index < -0.39 is 4.92 Å². The van der Waals surface area contributed by atoms with E-state index in [0.717, 1.165) is 12.2 Å². The normalized spacial score (nSPS) is 10.3. The largest absolute Gasteiger partial charge is 0.494 e. The predicted octanol–water partition coefficient (Wildman–Crippen LogP) is 2.62. The fraction of sp³-hybridized carbons (Fsp3) is 0.312. The Bertz CT molecular complexity index is 709. The van der Waals surface area contributed by atoms with Crippen molar-refractivity contribution in [2.24, 2.45) is 0 Å². The first-order valence-corrected chi connectivity index (χ1v) is 7.30. The zero-order valence-electron chi connectivity index (χ0n) is 12.8. The van der Waals surface area contributed by atoms with Crippen molar-refractivity contribution in [1.29, 1.82) is 0 Å². The van der Waals surface area contributed by atoms with Crippen molar-refractivity contribution in [3.8, 4) is 11.5 Å². The molecule has 0 aliphatic rings. The molecule has 1 heterocycles. The van der Waals surface area contributed by atoms with Crippen LogP contribution in [-0.2, 0) is 6.54 Å². The minimum Gasteiger partial charge on any atom is -0.494 e. The number of ether oxygens (including phenoxy) is 2. The molecule has 0 bridgehead atoms. The van der Waals surface area contributed by atoms with E-state index in [1.807, 2.05) is 19.1 Å². The Balaban J connectivity index is 1.91. The molecule has 0 aliphatic heterocycles. The molecule has 0 amide bonds. The standard InChI is InChI=1S/C16H18N2O5/c1-2-10-22-14-4-6-15(7-5-14)23-11-9-17-12-13(18(20)21)3-8-16(17)19/h3-8,12H,2,9-11H2,1H3. The van der Waals surface area contributed by atoms with Gasteiger partial charge in [-0.25, -0.2) is 0 Å². The maximum Gasteiger partial charge on any atom is 0.285 e. The summed E-state index contributed by atoms with van der Waals surface area (Å²) in [5.74, 6) is 1.42. The average molecular weight is 318 g/mol. The molecule has 0 aliphatic carbocycles. The van der Waals surface area contributed by atoms with E-state index in [1.165, 1.54) is 22.9 Å². The van der Waals surface area contributed by atoms with Crippen molar-refractivity contribution < 1.29 is 14.4 Å². The van der Waals surface area contributed by atoms with E-state index in [9.17, 15) is 14.9 Å². The number of pyridine rings is 1. The van der Waals surface area contributed by atoms with Crippen LogP contribution in [0.3, 0.4) is 0 Å². The van der Waals surface area contributed by atoms with Gasteiger partial charge in [-0.2, -0.15) is 0 Å². The summed E-state index contributed by atoms with van der Waals surface area (Å²) >= 11 is 0. The van der Waals surface area contributed by atoms with Crippen LogP contribution in [-0.4, -0.2) is 22.7 Å². The summed E-state index contributed by atoms with van der Waals surface area (Å²) in [4.78, 5) is 21.8. The first-order chi connectivity index (χ1) is 11.1. The molecule has 1 aromatic carbocycles. The summed E-state index contributed by atoms with van der Waals surface area (Å²) in [6.45, 7) is 3.16. The lowest BCUT2D eigenvalue weighted by molar-refractivity contribution is -0.385. The van der Waals surface area contributed by atoms with Gasteiger partial charge in [0.1, 0.15) is 18.1 Å². The summed E-state index contributed by atoms with van der Waals surface area (Å²) in [6, 6.07) is 9.55. The van der Waals surface area contributed by atoms with Gasteiger partial charge in [0.25, 0.3) is 11.2 Å². The third kappa shape index (κ3) is 4.84. The highest BCUT2D eigenvalue weighted by molar-refractivity contribution is 5.31. The molecular weight excluding hydrogens is 300 g/mol. The second kappa shape index (κ2) is 7.98. The minimum absolute atomic E-state index is 0.123. The van der Waals surface area contributed by atoms with Crippen molar-refractivity contribution in [2.75, 3.05) is 13.2 Å². The fourth-order valence-electron chi connectivity index (χ4n) is 1.92. The monoisotopic (exact) mass is 318 g/mol. The molecule has 7 nitrogen and oxygen atoms in total. The quantitative estimate of drug-likeness (QED) is 0.552. The van der Waals surface area contributed by atoms with Crippen LogP contribution in [0.25, 0.3) is 0 Å². The van der Waals surface area contributed by atoms with Gasteiger partial charge in [0.15, 0.2) is 0 Å². The molecule has 0 spiro atoms. The first kappa shape index (κ1) is 16.5. The number of nitro groups is 1. The van der Waals surface area contributed by atoms with Crippen molar-refractivity contribution in [3.05, 3.63) is 63.1 Å². The number of rotatable bonds is 8. The molecule has 2 rings (SSSR count). The molecular formula is C16H18N2O5. The van der Waals surface area contributed by atoms with Gasteiger partial charge in [0, 0.05) is 12.1 Å². The van der Waals surface area contributed by atoms with Crippen molar-refractivity contribution in [2.45, 2.75) is 19.9 Å². The molecule has 0 radical (unpaired) electrons. The van der Waals surface area contributed by atoms with Crippen molar-refractivity contribution in [3.63, 3.8) is 0 Å². The Morgan fingerprint density at radius 1 is 1.04 bits per heavy atom. The van der Waals surface area contributed by atoms with Crippen LogP contribution in [0.2, 0.25) is 0 Å². The number of nitrogens with zero attached hydrogens (tertiary/aromatic N) is 2. The fourth-order valence-corrected chi connectivity index (χ4v) is 1.92. The van der Waals surface area contributed by atoms with Crippen LogP contribution in [0, 0.1) is 10.1 Å². The SMILES string of the molecule is CCCOc1ccc(OCCn2cc([N+](=O)[O-])ccc2=O)cc1. The van der Waals surface area contributed by atoms with Crippen LogP contribution in [0.4, 0.5) is 5.69 Å². The Hall–Kier alpha value is -2.83. The van der Waals surface area contributed by atoms with Crippen molar-refractivity contribution in [1.82, 2.24) is 4.57 Å². The van der Waals surface area contributed by atoms with Crippen LogP contribution in [0.15, 0.2) is 47.4 Å². The van der Waals surface area contributed by atoms with Gasteiger partial charge in [-0.3, -0.25) is 14.9 Å².